The first-order valence-corrected chi connectivity index (χ1v) is 10.2. The predicted molar refractivity (Wildman–Crippen MR) is 103 cm³/mol. The molecule has 4 rings (SSSR count). The SMILES string of the molecule is COC(=O)C[C@@H]1CS(=O)(c2ccccc2)=Nc2c1ccc1ccccc21. The highest BCUT2D eigenvalue weighted by molar-refractivity contribution is 7.93. The maximum Gasteiger partial charge on any atom is 0.306 e. The number of hydrogen-bond donors (Lipinski definition) is 0. The van der Waals surface area contributed by atoms with E-state index in [-0.39, 0.29) is 18.3 Å². The van der Waals surface area contributed by atoms with Gasteiger partial charge in [0.05, 0.1) is 28.9 Å². The van der Waals surface area contributed by atoms with Gasteiger partial charge in [-0.2, -0.15) is 4.36 Å². The molecule has 0 amide bonds. The summed E-state index contributed by atoms with van der Waals surface area (Å²) in [5.74, 6) is -0.171. The molecule has 3 aromatic carbocycles. The Morgan fingerprint density at radius 1 is 1.08 bits per heavy atom. The topological polar surface area (TPSA) is 55.7 Å². The average molecular weight is 365 g/mol. The second-order valence-electron chi connectivity index (χ2n) is 6.41. The molecule has 0 fully saturated rings. The average Bonchev–Trinajstić information content (AvgIpc) is 2.68. The number of ether oxygens (including phenoxy) is 1. The monoisotopic (exact) mass is 365 g/mol. The molecule has 1 heterocycles. The molecular formula is C21H19NO3S. The summed E-state index contributed by atoms with van der Waals surface area (Å²) in [6, 6.07) is 21.3. The van der Waals surface area contributed by atoms with Gasteiger partial charge < -0.3 is 4.74 Å². The van der Waals surface area contributed by atoms with E-state index in [9.17, 15) is 9.00 Å². The molecule has 0 N–H and O–H groups in total. The highest BCUT2D eigenvalue weighted by Gasteiger charge is 2.31. The van der Waals surface area contributed by atoms with Crippen molar-refractivity contribution in [3.8, 4) is 0 Å². The fraction of sp³-hybridized carbons (Fsp3) is 0.190. The van der Waals surface area contributed by atoms with Crippen LogP contribution in [0, 0.1) is 0 Å². The van der Waals surface area contributed by atoms with Crippen molar-refractivity contribution >= 4 is 32.2 Å². The lowest BCUT2D eigenvalue weighted by molar-refractivity contribution is -0.140. The molecule has 1 aliphatic heterocycles. The molecule has 2 atom stereocenters. The first kappa shape index (κ1) is 16.8. The summed E-state index contributed by atoms with van der Waals surface area (Å²) in [5, 5.41) is 2.01. The van der Waals surface area contributed by atoms with Gasteiger partial charge in [0, 0.05) is 22.0 Å². The number of rotatable bonds is 3. The maximum atomic E-state index is 13.8. The zero-order valence-corrected chi connectivity index (χ0v) is 15.2. The molecule has 0 bridgehead atoms. The van der Waals surface area contributed by atoms with Gasteiger partial charge in [0.15, 0.2) is 0 Å². The van der Waals surface area contributed by atoms with Crippen LogP contribution in [-0.4, -0.2) is 23.0 Å². The molecule has 0 aliphatic carbocycles. The van der Waals surface area contributed by atoms with Crippen molar-refractivity contribution < 1.29 is 13.7 Å². The Bertz CT molecular complexity index is 1100. The van der Waals surface area contributed by atoms with E-state index < -0.39 is 9.73 Å². The van der Waals surface area contributed by atoms with E-state index in [2.05, 4.69) is 0 Å². The second kappa shape index (κ2) is 6.57. The van der Waals surface area contributed by atoms with E-state index in [1.54, 1.807) is 0 Å². The number of hydrogen-bond acceptors (Lipinski definition) is 4. The Morgan fingerprint density at radius 2 is 1.81 bits per heavy atom. The third-order valence-electron chi connectivity index (χ3n) is 4.79. The fourth-order valence-corrected chi connectivity index (χ4v) is 5.78. The quantitative estimate of drug-likeness (QED) is 0.634. The van der Waals surface area contributed by atoms with E-state index >= 15 is 0 Å². The van der Waals surface area contributed by atoms with E-state index in [1.807, 2.05) is 66.7 Å². The van der Waals surface area contributed by atoms with Gasteiger partial charge in [-0.1, -0.05) is 54.6 Å². The van der Waals surface area contributed by atoms with Crippen molar-refractivity contribution in [2.75, 3.05) is 12.9 Å². The molecular weight excluding hydrogens is 346 g/mol. The number of esters is 1. The van der Waals surface area contributed by atoms with Crippen LogP contribution in [0.15, 0.2) is 76.0 Å². The number of nitrogens with zero attached hydrogens (tertiary/aromatic N) is 1. The lowest BCUT2D eigenvalue weighted by atomic mass is 9.93. The first-order chi connectivity index (χ1) is 12.6. The molecule has 0 radical (unpaired) electrons. The van der Waals surface area contributed by atoms with Crippen molar-refractivity contribution in [2.24, 2.45) is 4.36 Å². The number of methoxy groups -OCH3 is 1. The van der Waals surface area contributed by atoms with Crippen LogP contribution in [0.3, 0.4) is 0 Å². The number of benzene rings is 3. The van der Waals surface area contributed by atoms with Crippen LogP contribution < -0.4 is 0 Å². The van der Waals surface area contributed by atoms with Gasteiger partial charge in [0.25, 0.3) is 0 Å². The second-order valence-corrected chi connectivity index (χ2v) is 8.68. The minimum Gasteiger partial charge on any atom is -0.469 e. The van der Waals surface area contributed by atoms with Crippen molar-refractivity contribution in [1.29, 1.82) is 0 Å². The van der Waals surface area contributed by atoms with Crippen LogP contribution in [0.2, 0.25) is 0 Å². The van der Waals surface area contributed by atoms with Gasteiger partial charge >= 0.3 is 5.97 Å². The normalized spacial score (nSPS) is 21.7. The van der Waals surface area contributed by atoms with Gasteiger partial charge in [-0.25, -0.2) is 4.21 Å². The first-order valence-electron chi connectivity index (χ1n) is 8.49. The maximum absolute atomic E-state index is 13.8. The van der Waals surface area contributed by atoms with Crippen LogP contribution in [0.1, 0.15) is 17.9 Å². The van der Waals surface area contributed by atoms with Gasteiger partial charge in [0.2, 0.25) is 0 Å². The number of fused-ring (bicyclic) bond motifs is 3. The van der Waals surface area contributed by atoms with Gasteiger partial charge in [-0.15, -0.1) is 0 Å². The molecule has 0 aromatic heterocycles. The largest absolute Gasteiger partial charge is 0.469 e. The molecule has 1 aliphatic rings. The van der Waals surface area contributed by atoms with Crippen molar-refractivity contribution in [2.45, 2.75) is 17.2 Å². The Balaban J connectivity index is 1.97. The summed E-state index contributed by atoms with van der Waals surface area (Å²) in [6.45, 7) is 0. The minimum absolute atomic E-state index is 0.188. The van der Waals surface area contributed by atoms with Gasteiger partial charge in [-0.05, 0) is 23.1 Å². The molecule has 5 heteroatoms. The number of carbonyl (C=O) groups excluding carboxylic acids is 1. The lowest BCUT2D eigenvalue weighted by Crippen LogP contribution is -2.21. The van der Waals surface area contributed by atoms with E-state index in [0.29, 0.717) is 10.6 Å². The van der Waals surface area contributed by atoms with Crippen LogP contribution >= 0.6 is 0 Å². The Morgan fingerprint density at radius 3 is 2.58 bits per heavy atom. The van der Waals surface area contributed by atoms with Crippen LogP contribution in [0.25, 0.3) is 10.8 Å². The zero-order chi connectivity index (χ0) is 18.1. The third-order valence-corrected chi connectivity index (χ3v) is 7.13. The van der Waals surface area contributed by atoms with Crippen LogP contribution in [-0.2, 0) is 19.3 Å². The summed E-state index contributed by atoms with van der Waals surface area (Å²) >= 11 is 0. The van der Waals surface area contributed by atoms with Crippen molar-refractivity contribution in [3.05, 3.63) is 72.3 Å². The third kappa shape index (κ3) is 2.88. The summed E-state index contributed by atoms with van der Waals surface area (Å²) in [5.41, 5.74) is 1.70. The minimum atomic E-state index is -2.66. The molecule has 0 saturated heterocycles. The lowest BCUT2D eigenvalue weighted by Gasteiger charge is -2.26. The fourth-order valence-electron chi connectivity index (χ4n) is 3.49. The molecule has 26 heavy (non-hydrogen) atoms. The summed E-state index contributed by atoms with van der Waals surface area (Å²) in [4.78, 5) is 12.7. The highest BCUT2D eigenvalue weighted by Crippen LogP contribution is 2.43. The van der Waals surface area contributed by atoms with Crippen molar-refractivity contribution in [1.82, 2.24) is 0 Å². The van der Waals surface area contributed by atoms with E-state index in [0.717, 1.165) is 22.0 Å². The van der Waals surface area contributed by atoms with E-state index in [1.165, 1.54) is 7.11 Å². The van der Waals surface area contributed by atoms with Crippen LogP contribution in [0.4, 0.5) is 5.69 Å². The zero-order valence-electron chi connectivity index (χ0n) is 14.4. The Labute approximate surface area is 153 Å². The standard InChI is InChI=1S/C21H19NO3S/c1-25-20(23)13-16-14-26(24,17-8-3-2-4-9-17)22-21-18-10-6-5-7-15(18)11-12-19(16)21/h2-12,16H,13-14H2,1H3/t16-,26?/m1/s1. The highest BCUT2D eigenvalue weighted by atomic mass is 32.2. The Hall–Kier alpha value is -2.66. The predicted octanol–water partition coefficient (Wildman–Crippen LogP) is 4.66. The summed E-state index contributed by atoms with van der Waals surface area (Å²) < 4.78 is 23.4. The molecule has 3 aromatic rings. The number of carbonyl (C=O) groups is 1. The molecule has 0 spiro atoms. The summed E-state index contributed by atoms with van der Waals surface area (Å²) in [7, 11) is -1.28. The van der Waals surface area contributed by atoms with E-state index in [4.69, 9.17) is 9.10 Å². The van der Waals surface area contributed by atoms with Gasteiger partial charge in [0.1, 0.15) is 0 Å². The Kier molecular flexibility index (Phi) is 4.24. The molecule has 0 saturated carbocycles. The summed E-state index contributed by atoms with van der Waals surface area (Å²) in [6.07, 6.45) is 0.196. The smallest absolute Gasteiger partial charge is 0.306 e. The van der Waals surface area contributed by atoms with Gasteiger partial charge in [-0.3, -0.25) is 4.79 Å². The molecule has 4 nitrogen and oxygen atoms in total. The molecule has 132 valence electrons. The van der Waals surface area contributed by atoms with Crippen LogP contribution in [0.5, 0.6) is 0 Å². The molecule has 1 unspecified atom stereocenters. The van der Waals surface area contributed by atoms with Crippen molar-refractivity contribution in [3.63, 3.8) is 0 Å².